The second-order valence-electron chi connectivity index (χ2n) is 4.47. The van der Waals surface area contributed by atoms with Gasteiger partial charge in [-0.15, -0.1) is 0 Å². The summed E-state index contributed by atoms with van der Waals surface area (Å²) in [5.74, 6) is 0. The lowest BCUT2D eigenvalue weighted by Gasteiger charge is -2.35. The van der Waals surface area contributed by atoms with Gasteiger partial charge >= 0.3 is 0 Å². The molecule has 2 rings (SSSR count). The highest BCUT2D eigenvalue weighted by Crippen LogP contribution is 2.43. The molecular formula is C14H17NO2. The fourth-order valence-corrected chi connectivity index (χ4v) is 2.32. The number of benzene rings is 1. The van der Waals surface area contributed by atoms with Gasteiger partial charge in [-0.2, -0.15) is 5.26 Å². The topological polar surface area (TPSA) is 42.2 Å². The number of hydrogen-bond donors (Lipinski definition) is 0. The first-order chi connectivity index (χ1) is 8.25. The summed E-state index contributed by atoms with van der Waals surface area (Å²) < 4.78 is 10.4. The van der Waals surface area contributed by atoms with Crippen LogP contribution in [0, 0.1) is 11.3 Å². The number of ether oxygens (including phenoxy) is 2. The quantitative estimate of drug-likeness (QED) is 0.748. The van der Waals surface area contributed by atoms with Crippen molar-refractivity contribution in [2.75, 3.05) is 14.2 Å². The van der Waals surface area contributed by atoms with Gasteiger partial charge in [0, 0.05) is 19.8 Å². The van der Waals surface area contributed by atoms with E-state index >= 15 is 0 Å². The lowest BCUT2D eigenvalue weighted by molar-refractivity contribution is -0.106. The third-order valence-corrected chi connectivity index (χ3v) is 3.58. The van der Waals surface area contributed by atoms with Gasteiger partial charge in [0.2, 0.25) is 0 Å². The van der Waals surface area contributed by atoms with Gasteiger partial charge in [0.1, 0.15) is 0 Å². The average Bonchev–Trinajstić information content (AvgIpc) is 2.32. The smallest absolute Gasteiger partial charge is 0.183 e. The fraction of sp³-hybridized carbons (Fsp3) is 0.500. The minimum absolute atomic E-state index is 0.242. The Kier molecular flexibility index (Phi) is 3.46. The second-order valence-corrected chi connectivity index (χ2v) is 4.47. The van der Waals surface area contributed by atoms with Gasteiger partial charge in [-0.3, -0.25) is 0 Å². The van der Waals surface area contributed by atoms with E-state index in [-0.39, 0.29) is 11.7 Å². The molecule has 0 N–H and O–H groups in total. The summed E-state index contributed by atoms with van der Waals surface area (Å²) in [5.41, 5.74) is 1.85. The first-order valence-electron chi connectivity index (χ1n) is 5.83. The van der Waals surface area contributed by atoms with Gasteiger partial charge < -0.3 is 9.47 Å². The molecule has 1 aromatic carbocycles. The van der Waals surface area contributed by atoms with Crippen molar-refractivity contribution in [2.24, 2.45) is 0 Å². The third-order valence-electron chi connectivity index (χ3n) is 3.58. The standard InChI is InChI=1S/C14H17NO2/c1-16-13(17-2)11-4-6-12(7-5-11)14(10-15)8-3-9-14/h4-7,13H,3,8-9H2,1-2H3. The van der Waals surface area contributed by atoms with Crippen LogP contribution in [-0.4, -0.2) is 14.2 Å². The summed E-state index contributed by atoms with van der Waals surface area (Å²) in [6, 6.07) is 10.4. The van der Waals surface area contributed by atoms with Crippen LogP contribution in [0.5, 0.6) is 0 Å². The highest BCUT2D eigenvalue weighted by Gasteiger charge is 2.38. The minimum Gasteiger partial charge on any atom is -0.352 e. The number of hydrogen-bond acceptors (Lipinski definition) is 3. The highest BCUT2D eigenvalue weighted by atomic mass is 16.7. The van der Waals surface area contributed by atoms with Crippen LogP contribution >= 0.6 is 0 Å². The second kappa shape index (κ2) is 4.87. The van der Waals surface area contributed by atoms with E-state index < -0.39 is 0 Å². The first-order valence-corrected chi connectivity index (χ1v) is 5.83. The normalized spacial score (nSPS) is 17.5. The SMILES string of the molecule is COC(OC)c1ccc(C2(C#N)CCC2)cc1. The largest absolute Gasteiger partial charge is 0.352 e. The van der Waals surface area contributed by atoms with Gasteiger partial charge in [-0.25, -0.2) is 0 Å². The van der Waals surface area contributed by atoms with E-state index in [0.29, 0.717) is 0 Å². The molecule has 0 unspecified atom stereocenters. The Morgan fingerprint density at radius 1 is 1.18 bits per heavy atom. The van der Waals surface area contributed by atoms with E-state index in [1.807, 2.05) is 24.3 Å². The molecule has 0 saturated heterocycles. The van der Waals surface area contributed by atoms with Crippen LogP contribution in [0.1, 0.15) is 36.7 Å². The molecule has 1 aromatic rings. The van der Waals surface area contributed by atoms with Crippen LogP contribution in [-0.2, 0) is 14.9 Å². The van der Waals surface area contributed by atoms with E-state index in [4.69, 9.17) is 9.47 Å². The highest BCUT2D eigenvalue weighted by molar-refractivity contribution is 5.37. The summed E-state index contributed by atoms with van der Waals surface area (Å²) in [5, 5.41) is 9.26. The molecule has 90 valence electrons. The predicted molar refractivity (Wildman–Crippen MR) is 64.3 cm³/mol. The molecule has 3 nitrogen and oxygen atoms in total. The predicted octanol–water partition coefficient (Wildman–Crippen LogP) is 2.92. The molecule has 17 heavy (non-hydrogen) atoms. The van der Waals surface area contributed by atoms with Crippen molar-refractivity contribution in [2.45, 2.75) is 31.0 Å². The van der Waals surface area contributed by atoms with Crippen LogP contribution in [0.4, 0.5) is 0 Å². The Morgan fingerprint density at radius 2 is 1.76 bits per heavy atom. The molecule has 0 aliphatic heterocycles. The molecule has 0 radical (unpaired) electrons. The molecule has 1 aliphatic carbocycles. The maximum absolute atomic E-state index is 9.26. The third kappa shape index (κ3) is 2.06. The van der Waals surface area contributed by atoms with Crippen molar-refractivity contribution < 1.29 is 9.47 Å². The molecule has 1 saturated carbocycles. The Bertz CT molecular complexity index is 411. The number of nitrogens with zero attached hydrogens (tertiary/aromatic N) is 1. The van der Waals surface area contributed by atoms with Crippen molar-refractivity contribution in [3.05, 3.63) is 35.4 Å². The lowest BCUT2D eigenvalue weighted by atomic mass is 9.65. The maximum atomic E-state index is 9.26. The summed E-state index contributed by atoms with van der Waals surface area (Å²) in [6.45, 7) is 0. The molecule has 0 heterocycles. The average molecular weight is 231 g/mol. The molecule has 3 heteroatoms. The Labute approximate surface area is 102 Å². The van der Waals surface area contributed by atoms with E-state index in [1.54, 1.807) is 14.2 Å². The Hall–Kier alpha value is -1.37. The zero-order valence-electron chi connectivity index (χ0n) is 10.3. The van der Waals surface area contributed by atoms with Gasteiger partial charge in [-0.1, -0.05) is 24.3 Å². The van der Waals surface area contributed by atoms with Crippen LogP contribution in [0.15, 0.2) is 24.3 Å². The molecule has 1 aliphatic rings. The molecule has 1 fully saturated rings. The molecule has 0 amide bonds. The molecule has 0 aromatic heterocycles. The molecule has 0 spiro atoms. The van der Waals surface area contributed by atoms with Gasteiger partial charge in [0.05, 0.1) is 11.5 Å². The van der Waals surface area contributed by atoms with E-state index in [1.165, 1.54) is 0 Å². The first kappa shape index (κ1) is 12.1. The van der Waals surface area contributed by atoms with Crippen molar-refractivity contribution in [3.63, 3.8) is 0 Å². The van der Waals surface area contributed by atoms with Crippen LogP contribution in [0.2, 0.25) is 0 Å². The summed E-state index contributed by atoms with van der Waals surface area (Å²) in [4.78, 5) is 0. The summed E-state index contributed by atoms with van der Waals surface area (Å²) in [6.07, 6.45) is 2.76. The van der Waals surface area contributed by atoms with Gasteiger partial charge in [-0.05, 0) is 24.8 Å². The van der Waals surface area contributed by atoms with Crippen molar-refractivity contribution in [3.8, 4) is 6.07 Å². The van der Waals surface area contributed by atoms with Crippen LogP contribution in [0.25, 0.3) is 0 Å². The lowest BCUT2D eigenvalue weighted by Crippen LogP contribution is -2.32. The van der Waals surface area contributed by atoms with Crippen LogP contribution in [0.3, 0.4) is 0 Å². The molecule has 0 bridgehead atoms. The van der Waals surface area contributed by atoms with Crippen LogP contribution < -0.4 is 0 Å². The molecular weight excluding hydrogens is 214 g/mol. The van der Waals surface area contributed by atoms with E-state index in [2.05, 4.69) is 6.07 Å². The zero-order valence-corrected chi connectivity index (χ0v) is 10.3. The Balaban J connectivity index is 2.21. The number of methoxy groups -OCH3 is 2. The number of nitriles is 1. The number of rotatable bonds is 4. The van der Waals surface area contributed by atoms with Crippen molar-refractivity contribution in [1.29, 1.82) is 5.26 Å². The van der Waals surface area contributed by atoms with Crippen molar-refractivity contribution >= 4 is 0 Å². The fourth-order valence-electron chi connectivity index (χ4n) is 2.32. The Morgan fingerprint density at radius 3 is 2.12 bits per heavy atom. The monoisotopic (exact) mass is 231 g/mol. The van der Waals surface area contributed by atoms with Gasteiger partial charge in [0.15, 0.2) is 6.29 Å². The summed E-state index contributed by atoms with van der Waals surface area (Å²) >= 11 is 0. The maximum Gasteiger partial charge on any atom is 0.183 e. The summed E-state index contributed by atoms with van der Waals surface area (Å²) in [7, 11) is 3.23. The molecule has 0 atom stereocenters. The minimum atomic E-state index is -0.330. The zero-order chi connectivity index (χ0) is 12.3. The van der Waals surface area contributed by atoms with E-state index in [0.717, 1.165) is 30.4 Å². The van der Waals surface area contributed by atoms with Gasteiger partial charge in [0.25, 0.3) is 0 Å². The van der Waals surface area contributed by atoms with Crippen molar-refractivity contribution in [1.82, 2.24) is 0 Å². The van der Waals surface area contributed by atoms with E-state index in [9.17, 15) is 5.26 Å².